The number of aliphatic hydroxyl groups is 1. The SMILES string of the molecule is CN(C(=O)C(F)F)[C@H]1CNC[C@@H]1O. The minimum atomic E-state index is -3.00. The van der Waals surface area contributed by atoms with Crippen LogP contribution in [-0.4, -0.2) is 54.6 Å². The molecule has 0 unspecified atom stereocenters. The molecule has 0 radical (unpaired) electrons. The summed E-state index contributed by atoms with van der Waals surface area (Å²) in [5.41, 5.74) is 0. The molecule has 0 aromatic heterocycles. The van der Waals surface area contributed by atoms with Crippen LogP contribution in [0.5, 0.6) is 0 Å². The van der Waals surface area contributed by atoms with Crippen LogP contribution in [-0.2, 0) is 4.79 Å². The molecular weight excluding hydrogens is 182 g/mol. The van der Waals surface area contributed by atoms with Crippen LogP contribution in [0.15, 0.2) is 0 Å². The first kappa shape index (κ1) is 10.3. The van der Waals surface area contributed by atoms with Gasteiger partial charge in [-0.25, -0.2) is 0 Å². The number of carbonyl (C=O) groups excluding carboxylic acids is 1. The zero-order chi connectivity index (χ0) is 10.0. The van der Waals surface area contributed by atoms with E-state index in [1.165, 1.54) is 7.05 Å². The van der Waals surface area contributed by atoms with Crippen LogP contribution in [0.1, 0.15) is 0 Å². The van der Waals surface area contributed by atoms with Crippen molar-refractivity contribution in [3.63, 3.8) is 0 Å². The summed E-state index contributed by atoms with van der Waals surface area (Å²) < 4.78 is 23.9. The molecule has 2 atom stereocenters. The van der Waals surface area contributed by atoms with Crippen LogP contribution in [0.3, 0.4) is 0 Å². The Morgan fingerprint density at radius 1 is 1.62 bits per heavy atom. The number of hydrogen-bond acceptors (Lipinski definition) is 3. The molecule has 1 aliphatic rings. The number of aliphatic hydroxyl groups excluding tert-OH is 1. The Morgan fingerprint density at radius 2 is 2.23 bits per heavy atom. The third kappa shape index (κ3) is 2.13. The second-order valence-electron chi connectivity index (χ2n) is 3.04. The molecule has 0 spiro atoms. The topological polar surface area (TPSA) is 52.6 Å². The Bertz CT molecular complexity index is 201. The van der Waals surface area contributed by atoms with Gasteiger partial charge in [0.25, 0.3) is 5.91 Å². The zero-order valence-corrected chi connectivity index (χ0v) is 7.20. The minimum Gasteiger partial charge on any atom is -0.390 e. The molecule has 0 aromatic carbocycles. The third-order valence-corrected chi connectivity index (χ3v) is 2.18. The number of carbonyl (C=O) groups is 1. The molecule has 1 aliphatic heterocycles. The van der Waals surface area contributed by atoms with Crippen LogP contribution >= 0.6 is 0 Å². The van der Waals surface area contributed by atoms with Gasteiger partial charge >= 0.3 is 6.43 Å². The zero-order valence-electron chi connectivity index (χ0n) is 7.20. The van der Waals surface area contributed by atoms with Gasteiger partial charge in [-0.15, -0.1) is 0 Å². The van der Waals surface area contributed by atoms with Crippen LogP contribution in [0, 0.1) is 0 Å². The van der Waals surface area contributed by atoms with E-state index in [1.807, 2.05) is 0 Å². The molecule has 1 amide bonds. The van der Waals surface area contributed by atoms with E-state index >= 15 is 0 Å². The van der Waals surface area contributed by atoms with Crippen molar-refractivity contribution in [2.24, 2.45) is 0 Å². The summed E-state index contributed by atoms with van der Waals surface area (Å²) in [5.74, 6) is -1.24. The summed E-state index contributed by atoms with van der Waals surface area (Å²) in [5, 5.41) is 12.1. The van der Waals surface area contributed by atoms with E-state index in [0.717, 1.165) is 4.90 Å². The maximum Gasteiger partial charge on any atom is 0.315 e. The second kappa shape index (κ2) is 3.97. The van der Waals surface area contributed by atoms with Gasteiger partial charge in [0, 0.05) is 20.1 Å². The van der Waals surface area contributed by atoms with Gasteiger partial charge in [0.15, 0.2) is 0 Å². The maximum atomic E-state index is 12.0. The number of nitrogens with zero attached hydrogens (tertiary/aromatic N) is 1. The summed E-state index contributed by atoms with van der Waals surface area (Å²) >= 11 is 0. The van der Waals surface area contributed by atoms with Gasteiger partial charge in [-0.3, -0.25) is 4.79 Å². The molecule has 0 bridgehead atoms. The Morgan fingerprint density at radius 3 is 2.62 bits per heavy atom. The highest BCUT2D eigenvalue weighted by atomic mass is 19.3. The number of rotatable bonds is 2. The lowest BCUT2D eigenvalue weighted by molar-refractivity contribution is -0.144. The fraction of sp³-hybridized carbons (Fsp3) is 0.857. The first-order chi connectivity index (χ1) is 6.04. The molecule has 6 heteroatoms. The number of alkyl halides is 2. The summed E-state index contributed by atoms with van der Waals surface area (Å²) in [6.07, 6.45) is -3.76. The van der Waals surface area contributed by atoms with Crippen molar-refractivity contribution in [2.45, 2.75) is 18.6 Å². The Balaban J connectivity index is 2.56. The smallest absolute Gasteiger partial charge is 0.315 e. The van der Waals surface area contributed by atoms with Gasteiger partial charge in [0.1, 0.15) is 0 Å². The van der Waals surface area contributed by atoms with E-state index in [9.17, 15) is 18.7 Å². The number of amides is 1. The molecule has 13 heavy (non-hydrogen) atoms. The molecule has 0 saturated carbocycles. The van der Waals surface area contributed by atoms with E-state index in [4.69, 9.17) is 0 Å². The normalized spacial score (nSPS) is 28.1. The van der Waals surface area contributed by atoms with E-state index in [1.54, 1.807) is 0 Å². The highest BCUT2D eigenvalue weighted by Gasteiger charge is 2.33. The Labute approximate surface area is 74.5 Å². The molecule has 1 saturated heterocycles. The molecule has 0 aromatic rings. The van der Waals surface area contributed by atoms with E-state index in [2.05, 4.69) is 5.32 Å². The van der Waals surface area contributed by atoms with Crippen molar-refractivity contribution in [2.75, 3.05) is 20.1 Å². The lowest BCUT2D eigenvalue weighted by Crippen LogP contribution is -2.46. The first-order valence-electron chi connectivity index (χ1n) is 3.97. The van der Waals surface area contributed by atoms with E-state index in [0.29, 0.717) is 13.1 Å². The van der Waals surface area contributed by atoms with Crippen LogP contribution in [0.4, 0.5) is 8.78 Å². The van der Waals surface area contributed by atoms with Crippen molar-refractivity contribution < 1.29 is 18.7 Å². The van der Waals surface area contributed by atoms with Crippen molar-refractivity contribution in [3.05, 3.63) is 0 Å². The van der Waals surface area contributed by atoms with Crippen LogP contribution in [0.25, 0.3) is 0 Å². The predicted molar refractivity (Wildman–Crippen MR) is 41.4 cm³/mol. The lowest BCUT2D eigenvalue weighted by Gasteiger charge is -2.25. The fourth-order valence-electron chi connectivity index (χ4n) is 1.36. The summed E-state index contributed by atoms with van der Waals surface area (Å²) in [6, 6.07) is -0.540. The monoisotopic (exact) mass is 194 g/mol. The molecule has 1 rings (SSSR count). The number of hydrogen-bond donors (Lipinski definition) is 2. The molecule has 2 N–H and O–H groups in total. The summed E-state index contributed by atoms with van der Waals surface area (Å²) in [6.45, 7) is 0.696. The molecule has 76 valence electrons. The number of nitrogens with one attached hydrogen (secondary N) is 1. The standard InChI is InChI=1S/C7H12F2N2O2/c1-11(7(13)6(8)9)4-2-10-3-5(4)12/h4-6,10,12H,2-3H2,1H3/t4-,5-/m0/s1. The lowest BCUT2D eigenvalue weighted by atomic mass is 10.2. The average Bonchev–Trinajstić information content (AvgIpc) is 2.48. The number of likely N-dealkylation sites (N-methyl/N-ethyl adjacent to an activating group) is 1. The van der Waals surface area contributed by atoms with E-state index < -0.39 is 24.5 Å². The summed E-state index contributed by atoms with van der Waals surface area (Å²) in [7, 11) is 1.27. The highest BCUT2D eigenvalue weighted by molar-refractivity contribution is 5.79. The van der Waals surface area contributed by atoms with Gasteiger partial charge in [0.2, 0.25) is 0 Å². The Kier molecular flexibility index (Phi) is 3.16. The van der Waals surface area contributed by atoms with Gasteiger partial charge in [-0.1, -0.05) is 0 Å². The van der Waals surface area contributed by atoms with Crippen molar-refractivity contribution in [3.8, 4) is 0 Å². The van der Waals surface area contributed by atoms with Gasteiger partial charge in [-0.05, 0) is 0 Å². The van der Waals surface area contributed by atoms with Gasteiger partial charge in [0.05, 0.1) is 12.1 Å². The first-order valence-corrected chi connectivity index (χ1v) is 3.97. The second-order valence-corrected chi connectivity index (χ2v) is 3.04. The van der Waals surface area contributed by atoms with Crippen LogP contribution < -0.4 is 5.32 Å². The fourth-order valence-corrected chi connectivity index (χ4v) is 1.36. The minimum absolute atomic E-state index is 0.339. The molecule has 1 heterocycles. The van der Waals surface area contributed by atoms with Crippen LogP contribution in [0.2, 0.25) is 0 Å². The maximum absolute atomic E-state index is 12.0. The molecule has 1 fully saturated rings. The Hall–Kier alpha value is -0.750. The van der Waals surface area contributed by atoms with Gasteiger partial charge < -0.3 is 15.3 Å². The van der Waals surface area contributed by atoms with Gasteiger partial charge in [-0.2, -0.15) is 8.78 Å². The molecular formula is C7H12F2N2O2. The predicted octanol–water partition coefficient (Wildman–Crippen LogP) is -0.957. The molecule has 0 aliphatic carbocycles. The average molecular weight is 194 g/mol. The van der Waals surface area contributed by atoms with Crippen molar-refractivity contribution in [1.82, 2.24) is 10.2 Å². The highest BCUT2D eigenvalue weighted by Crippen LogP contribution is 2.10. The molecule has 4 nitrogen and oxygen atoms in total. The van der Waals surface area contributed by atoms with E-state index in [-0.39, 0.29) is 0 Å². The summed E-state index contributed by atoms with van der Waals surface area (Å²) in [4.78, 5) is 11.7. The van der Waals surface area contributed by atoms with Crippen molar-refractivity contribution >= 4 is 5.91 Å². The quantitative estimate of drug-likeness (QED) is 0.595. The van der Waals surface area contributed by atoms with Crippen molar-refractivity contribution in [1.29, 1.82) is 0 Å². The largest absolute Gasteiger partial charge is 0.390 e. The number of β-amino-alcohol motifs (C(OH)–C–C–N with tert-alkyl or cyclic N) is 1. The third-order valence-electron chi connectivity index (χ3n) is 2.18. The number of halogens is 2.